The second kappa shape index (κ2) is 14.6. The van der Waals surface area contributed by atoms with Gasteiger partial charge in [-0.25, -0.2) is 0 Å². The Balaban J connectivity index is 0.00000676. The van der Waals surface area contributed by atoms with Crippen molar-refractivity contribution in [3.05, 3.63) is 23.8 Å². The number of guanidine groups is 1. The van der Waals surface area contributed by atoms with Crippen LogP contribution in [0.15, 0.2) is 23.2 Å². The molecule has 1 aromatic rings. The van der Waals surface area contributed by atoms with Gasteiger partial charge >= 0.3 is 6.61 Å². The molecule has 2 N–H and O–H groups in total. The van der Waals surface area contributed by atoms with Crippen LogP contribution in [0.25, 0.3) is 0 Å². The Labute approximate surface area is 176 Å². The van der Waals surface area contributed by atoms with E-state index in [1.807, 2.05) is 7.05 Å². The lowest BCUT2D eigenvalue weighted by atomic mass is 10.2. The number of methoxy groups -OCH3 is 2. The number of hydrogen-bond donors (Lipinski definition) is 2. The first kappa shape index (κ1) is 25.6. The van der Waals surface area contributed by atoms with Gasteiger partial charge in [-0.05, 0) is 25.2 Å². The number of ether oxygens (including phenoxy) is 3. The summed E-state index contributed by atoms with van der Waals surface area (Å²) in [5.74, 6) is 1.23. The van der Waals surface area contributed by atoms with E-state index in [1.54, 1.807) is 26.3 Å². The maximum absolute atomic E-state index is 12.6. The molecule has 1 rings (SSSR count). The second-order valence-electron chi connectivity index (χ2n) is 5.50. The highest BCUT2D eigenvalue weighted by Gasteiger charge is 2.11. The zero-order valence-corrected chi connectivity index (χ0v) is 18.5. The topological polar surface area (TPSA) is 67.4 Å². The van der Waals surface area contributed by atoms with Crippen molar-refractivity contribution in [3.63, 3.8) is 0 Å². The van der Waals surface area contributed by atoms with Gasteiger partial charge in [-0.3, -0.25) is 4.99 Å². The van der Waals surface area contributed by atoms with Gasteiger partial charge in [0.05, 0.1) is 13.7 Å². The second-order valence-corrected chi connectivity index (χ2v) is 5.50. The van der Waals surface area contributed by atoms with E-state index in [4.69, 9.17) is 9.47 Å². The monoisotopic (exact) mass is 502 g/mol. The molecule has 0 aliphatic heterocycles. The molecule has 0 aromatic heterocycles. The van der Waals surface area contributed by atoms with E-state index < -0.39 is 6.61 Å². The lowest BCUT2D eigenvalue weighted by Crippen LogP contribution is -2.41. The van der Waals surface area contributed by atoms with Gasteiger partial charge in [-0.2, -0.15) is 8.78 Å². The minimum atomic E-state index is -2.89. The third-order valence-electron chi connectivity index (χ3n) is 3.62. The van der Waals surface area contributed by atoms with Crippen LogP contribution >= 0.6 is 24.0 Å². The van der Waals surface area contributed by atoms with Gasteiger partial charge in [-0.1, -0.05) is 0 Å². The summed E-state index contributed by atoms with van der Waals surface area (Å²) in [4.78, 5) is 6.25. The quantitative estimate of drug-likeness (QED) is 0.275. The van der Waals surface area contributed by atoms with Crippen LogP contribution < -0.4 is 20.1 Å². The van der Waals surface area contributed by atoms with Crippen LogP contribution in [0.1, 0.15) is 5.56 Å². The van der Waals surface area contributed by atoms with Gasteiger partial charge in [-0.15, -0.1) is 24.0 Å². The molecule has 0 spiro atoms. The molecule has 0 fully saturated rings. The Bertz CT molecular complexity index is 565. The van der Waals surface area contributed by atoms with Crippen molar-refractivity contribution in [2.45, 2.75) is 13.2 Å². The molecule has 156 valence electrons. The summed E-state index contributed by atoms with van der Waals surface area (Å²) >= 11 is 0. The molecule has 0 heterocycles. The number of nitrogens with zero attached hydrogens (tertiary/aromatic N) is 2. The van der Waals surface area contributed by atoms with Gasteiger partial charge < -0.3 is 29.7 Å². The molecule has 0 atom stereocenters. The summed E-state index contributed by atoms with van der Waals surface area (Å²) < 4.78 is 39.8. The Morgan fingerprint density at radius 1 is 1.22 bits per heavy atom. The molecule has 0 aliphatic carbocycles. The van der Waals surface area contributed by atoms with Gasteiger partial charge in [0.25, 0.3) is 0 Å². The van der Waals surface area contributed by atoms with Crippen LogP contribution in [0.4, 0.5) is 8.78 Å². The minimum absolute atomic E-state index is 0. The Morgan fingerprint density at radius 3 is 2.56 bits per heavy atom. The van der Waals surface area contributed by atoms with E-state index in [-0.39, 0.29) is 36.3 Å². The molecular formula is C17H29F2IN4O3. The van der Waals surface area contributed by atoms with Crippen molar-refractivity contribution in [2.75, 3.05) is 54.6 Å². The van der Waals surface area contributed by atoms with E-state index in [9.17, 15) is 8.78 Å². The van der Waals surface area contributed by atoms with Crippen LogP contribution in [0.5, 0.6) is 11.5 Å². The van der Waals surface area contributed by atoms with Crippen LogP contribution in [0, 0.1) is 0 Å². The predicted molar refractivity (Wildman–Crippen MR) is 113 cm³/mol. The van der Waals surface area contributed by atoms with Crippen molar-refractivity contribution in [3.8, 4) is 11.5 Å². The fourth-order valence-corrected chi connectivity index (χ4v) is 2.16. The molecule has 0 saturated heterocycles. The van der Waals surface area contributed by atoms with E-state index in [0.29, 0.717) is 30.4 Å². The number of aliphatic imine (C=N–C) groups is 1. The summed E-state index contributed by atoms with van der Waals surface area (Å²) in [6.07, 6.45) is 0. The summed E-state index contributed by atoms with van der Waals surface area (Å²) in [6, 6.07) is 4.68. The van der Waals surface area contributed by atoms with Crippen LogP contribution in [-0.4, -0.2) is 72.0 Å². The van der Waals surface area contributed by atoms with Crippen LogP contribution in [0.2, 0.25) is 0 Å². The van der Waals surface area contributed by atoms with Gasteiger partial charge in [0.1, 0.15) is 11.5 Å². The number of likely N-dealkylation sites (N-methyl/N-ethyl adjacent to an activating group) is 1. The van der Waals surface area contributed by atoms with Crippen molar-refractivity contribution in [1.29, 1.82) is 0 Å². The number of nitrogens with one attached hydrogen (secondary N) is 2. The molecule has 0 unspecified atom stereocenters. The van der Waals surface area contributed by atoms with Gasteiger partial charge in [0.15, 0.2) is 5.96 Å². The lowest BCUT2D eigenvalue weighted by molar-refractivity contribution is -0.0504. The third-order valence-corrected chi connectivity index (χ3v) is 3.62. The van der Waals surface area contributed by atoms with Crippen molar-refractivity contribution >= 4 is 29.9 Å². The normalized spacial score (nSPS) is 11.3. The number of rotatable bonds is 11. The van der Waals surface area contributed by atoms with Crippen molar-refractivity contribution in [1.82, 2.24) is 15.5 Å². The Hall–Kier alpha value is -1.40. The largest absolute Gasteiger partial charge is 0.497 e. The number of benzene rings is 1. The van der Waals surface area contributed by atoms with E-state index >= 15 is 0 Å². The van der Waals surface area contributed by atoms with Crippen LogP contribution in [-0.2, 0) is 11.3 Å². The molecule has 7 nitrogen and oxygen atoms in total. The predicted octanol–water partition coefficient (Wildman–Crippen LogP) is 2.16. The maximum Gasteiger partial charge on any atom is 0.387 e. The fraction of sp³-hybridized carbons (Fsp3) is 0.588. The summed E-state index contributed by atoms with van der Waals surface area (Å²) in [6.45, 7) is 0.371. The highest BCUT2D eigenvalue weighted by molar-refractivity contribution is 14.0. The molecule has 0 radical (unpaired) electrons. The smallest absolute Gasteiger partial charge is 0.387 e. The summed E-state index contributed by atoms with van der Waals surface area (Å²) in [7, 11) is 6.83. The maximum atomic E-state index is 12.6. The van der Waals surface area contributed by atoms with Crippen molar-refractivity contribution in [2.24, 2.45) is 4.99 Å². The van der Waals surface area contributed by atoms with E-state index in [2.05, 4.69) is 25.3 Å². The highest BCUT2D eigenvalue weighted by Crippen LogP contribution is 2.25. The zero-order chi connectivity index (χ0) is 19.4. The first-order valence-electron chi connectivity index (χ1n) is 8.23. The van der Waals surface area contributed by atoms with E-state index in [1.165, 1.54) is 13.2 Å². The molecular weight excluding hydrogens is 473 g/mol. The lowest BCUT2D eigenvalue weighted by Gasteiger charge is -2.18. The number of alkyl halides is 2. The minimum Gasteiger partial charge on any atom is -0.497 e. The average molecular weight is 502 g/mol. The molecule has 0 bridgehead atoms. The van der Waals surface area contributed by atoms with Gasteiger partial charge in [0.2, 0.25) is 0 Å². The Kier molecular flexibility index (Phi) is 13.9. The zero-order valence-electron chi connectivity index (χ0n) is 16.1. The standard InChI is InChI=1S/C17H28F2N4O3.HI/c1-20-17(21-7-8-23(2)9-10-24-3)22-12-13-11-14(25-4)5-6-15(13)26-16(18)19;/h5-6,11,16H,7-10,12H2,1-4H3,(H2,20,21,22);1H. The van der Waals surface area contributed by atoms with Gasteiger partial charge in [0, 0.05) is 45.9 Å². The van der Waals surface area contributed by atoms with E-state index in [0.717, 1.165) is 13.1 Å². The molecule has 0 aliphatic rings. The molecule has 10 heteroatoms. The first-order chi connectivity index (χ1) is 12.5. The average Bonchev–Trinajstić information content (AvgIpc) is 2.63. The first-order valence-corrected chi connectivity index (χ1v) is 8.23. The number of halogens is 3. The van der Waals surface area contributed by atoms with Crippen LogP contribution in [0.3, 0.4) is 0 Å². The molecule has 27 heavy (non-hydrogen) atoms. The number of hydrogen-bond acceptors (Lipinski definition) is 5. The SMILES string of the molecule is CN=C(NCCN(C)CCOC)NCc1cc(OC)ccc1OC(F)F.I. The molecule has 0 saturated carbocycles. The van der Waals surface area contributed by atoms with Crippen molar-refractivity contribution < 1.29 is 23.0 Å². The Morgan fingerprint density at radius 2 is 1.96 bits per heavy atom. The summed E-state index contributed by atoms with van der Waals surface area (Å²) in [5.41, 5.74) is 0.546. The molecule has 0 amide bonds. The third kappa shape index (κ3) is 10.5. The molecule has 1 aromatic carbocycles. The fourth-order valence-electron chi connectivity index (χ4n) is 2.16. The highest BCUT2D eigenvalue weighted by atomic mass is 127. The summed E-state index contributed by atoms with van der Waals surface area (Å²) in [5, 5.41) is 6.25.